The molecule has 2 atom stereocenters. The van der Waals surface area contributed by atoms with Crippen LogP contribution in [-0.4, -0.2) is 26.3 Å². The van der Waals surface area contributed by atoms with Gasteiger partial charge in [0.05, 0.1) is 0 Å². The van der Waals surface area contributed by atoms with Gasteiger partial charge in [-0.15, -0.1) is 0 Å². The zero-order valence-electron chi connectivity index (χ0n) is 9.30. The number of rotatable bonds is 2. The lowest BCUT2D eigenvalue weighted by Crippen LogP contribution is -2.36. The highest BCUT2D eigenvalue weighted by Gasteiger charge is 2.23. The first-order chi connectivity index (χ1) is 6.84. The van der Waals surface area contributed by atoms with Crippen molar-refractivity contribution in [2.75, 3.05) is 26.3 Å². The third kappa shape index (κ3) is 2.96. The number of hydrogen-bond acceptors (Lipinski definition) is 2. The minimum atomic E-state index is 0.883. The standard InChI is InChI=1S/C12H23NO/c1-10-6-12(9-13-8-10)7-11-2-4-14-5-3-11/h10-13H,2-9H2,1H3. The molecule has 0 radical (unpaired) electrons. The SMILES string of the molecule is CC1CNCC(CC2CCOCC2)C1. The predicted octanol–water partition coefficient (Wildman–Crippen LogP) is 2.05. The van der Waals surface area contributed by atoms with Crippen molar-refractivity contribution in [3.05, 3.63) is 0 Å². The fourth-order valence-corrected chi connectivity index (χ4v) is 2.90. The van der Waals surface area contributed by atoms with E-state index in [4.69, 9.17) is 4.74 Å². The number of piperidine rings is 1. The quantitative estimate of drug-likeness (QED) is 0.731. The van der Waals surface area contributed by atoms with E-state index in [2.05, 4.69) is 12.2 Å². The summed E-state index contributed by atoms with van der Waals surface area (Å²) < 4.78 is 5.39. The highest BCUT2D eigenvalue weighted by Crippen LogP contribution is 2.27. The summed E-state index contributed by atoms with van der Waals surface area (Å²) in [5.41, 5.74) is 0. The first-order valence-electron chi connectivity index (χ1n) is 6.13. The van der Waals surface area contributed by atoms with E-state index in [0.717, 1.165) is 31.0 Å². The Balaban J connectivity index is 1.72. The van der Waals surface area contributed by atoms with Crippen LogP contribution in [0.15, 0.2) is 0 Å². The summed E-state index contributed by atoms with van der Waals surface area (Å²) >= 11 is 0. The molecule has 2 aliphatic rings. The molecule has 2 aliphatic heterocycles. The first kappa shape index (κ1) is 10.4. The van der Waals surface area contributed by atoms with Gasteiger partial charge in [-0.25, -0.2) is 0 Å². The Bertz CT molecular complexity index is 166. The van der Waals surface area contributed by atoms with E-state index in [-0.39, 0.29) is 0 Å². The molecule has 0 spiro atoms. The van der Waals surface area contributed by atoms with Gasteiger partial charge in [-0.3, -0.25) is 0 Å². The van der Waals surface area contributed by atoms with E-state index >= 15 is 0 Å². The minimum absolute atomic E-state index is 0.883. The van der Waals surface area contributed by atoms with Gasteiger partial charge in [0.25, 0.3) is 0 Å². The van der Waals surface area contributed by atoms with Gasteiger partial charge in [0.15, 0.2) is 0 Å². The summed E-state index contributed by atoms with van der Waals surface area (Å²) in [5, 5.41) is 3.54. The Morgan fingerprint density at radius 1 is 1.14 bits per heavy atom. The lowest BCUT2D eigenvalue weighted by molar-refractivity contribution is 0.0557. The molecule has 0 bridgehead atoms. The predicted molar refractivity (Wildman–Crippen MR) is 58.3 cm³/mol. The molecular formula is C12H23NO. The van der Waals surface area contributed by atoms with Gasteiger partial charge >= 0.3 is 0 Å². The Hall–Kier alpha value is -0.0800. The molecular weight excluding hydrogens is 174 g/mol. The molecule has 0 aromatic rings. The average molecular weight is 197 g/mol. The van der Waals surface area contributed by atoms with Crippen molar-refractivity contribution < 1.29 is 4.74 Å². The van der Waals surface area contributed by atoms with Crippen LogP contribution in [-0.2, 0) is 4.74 Å². The van der Waals surface area contributed by atoms with E-state index in [1.165, 1.54) is 38.8 Å². The molecule has 14 heavy (non-hydrogen) atoms. The van der Waals surface area contributed by atoms with E-state index in [1.54, 1.807) is 0 Å². The molecule has 0 aromatic heterocycles. The summed E-state index contributed by atoms with van der Waals surface area (Å²) in [6.07, 6.45) is 5.46. The lowest BCUT2D eigenvalue weighted by Gasteiger charge is -2.32. The number of ether oxygens (including phenoxy) is 1. The largest absolute Gasteiger partial charge is 0.381 e. The van der Waals surface area contributed by atoms with E-state index in [0.29, 0.717) is 0 Å². The third-order valence-corrected chi connectivity index (χ3v) is 3.67. The van der Waals surface area contributed by atoms with Crippen LogP contribution in [0.2, 0.25) is 0 Å². The van der Waals surface area contributed by atoms with Crippen molar-refractivity contribution in [1.82, 2.24) is 5.32 Å². The van der Waals surface area contributed by atoms with Gasteiger partial charge < -0.3 is 10.1 Å². The third-order valence-electron chi connectivity index (χ3n) is 3.67. The van der Waals surface area contributed by atoms with Crippen LogP contribution in [0.1, 0.15) is 32.6 Å². The maximum atomic E-state index is 5.39. The highest BCUT2D eigenvalue weighted by molar-refractivity contribution is 4.77. The fourth-order valence-electron chi connectivity index (χ4n) is 2.90. The molecule has 2 heterocycles. The van der Waals surface area contributed by atoms with E-state index in [9.17, 15) is 0 Å². The van der Waals surface area contributed by atoms with Gasteiger partial charge in [0, 0.05) is 13.2 Å². The molecule has 82 valence electrons. The zero-order chi connectivity index (χ0) is 9.80. The topological polar surface area (TPSA) is 21.3 Å². The Labute approximate surface area is 87.4 Å². The maximum absolute atomic E-state index is 5.39. The normalized spacial score (nSPS) is 35.8. The second-order valence-electron chi connectivity index (χ2n) is 5.16. The first-order valence-corrected chi connectivity index (χ1v) is 6.13. The van der Waals surface area contributed by atoms with Gasteiger partial charge in [-0.2, -0.15) is 0 Å². The van der Waals surface area contributed by atoms with Gasteiger partial charge in [-0.05, 0) is 56.5 Å². The molecule has 2 heteroatoms. The van der Waals surface area contributed by atoms with Crippen LogP contribution >= 0.6 is 0 Å². The molecule has 2 fully saturated rings. The van der Waals surface area contributed by atoms with Crippen molar-refractivity contribution in [2.45, 2.75) is 32.6 Å². The molecule has 2 nitrogen and oxygen atoms in total. The number of hydrogen-bond donors (Lipinski definition) is 1. The van der Waals surface area contributed by atoms with Crippen molar-refractivity contribution in [3.8, 4) is 0 Å². The van der Waals surface area contributed by atoms with Gasteiger partial charge in [0.2, 0.25) is 0 Å². The molecule has 2 saturated heterocycles. The second-order valence-corrected chi connectivity index (χ2v) is 5.16. The average Bonchev–Trinajstić information content (AvgIpc) is 2.19. The zero-order valence-corrected chi connectivity index (χ0v) is 9.30. The summed E-state index contributed by atoms with van der Waals surface area (Å²) in [7, 11) is 0. The molecule has 0 saturated carbocycles. The molecule has 1 N–H and O–H groups in total. The molecule has 2 rings (SSSR count). The van der Waals surface area contributed by atoms with Gasteiger partial charge in [0.1, 0.15) is 0 Å². The Kier molecular flexibility index (Phi) is 3.82. The van der Waals surface area contributed by atoms with Gasteiger partial charge in [-0.1, -0.05) is 6.92 Å². The lowest BCUT2D eigenvalue weighted by atomic mass is 9.82. The van der Waals surface area contributed by atoms with Crippen LogP contribution in [0.4, 0.5) is 0 Å². The second kappa shape index (κ2) is 5.13. The maximum Gasteiger partial charge on any atom is 0.0468 e. The van der Waals surface area contributed by atoms with Crippen LogP contribution < -0.4 is 5.32 Å². The summed E-state index contributed by atoms with van der Waals surface area (Å²) in [6, 6.07) is 0. The summed E-state index contributed by atoms with van der Waals surface area (Å²) in [6.45, 7) is 6.84. The smallest absolute Gasteiger partial charge is 0.0468 e. The van der Waals surface area contributed by atoms with E-state index in [1.807, 2.05) is 0 Å². The van der Waals surface area contributed by atoms with Crippen LogP contribution in [0.3, 0.4) is 0 Å². The van der Waals surface area contributed by atoms with Crippen molar-refractivity contribution in [2.24, 2.45) is 17.8 Å². The highest BCUT2D eigenvalue weighted by atomic mass is 16.5. The number of nitrogens with one attached hydrogen (secondary N) is 1. The van der Waals surface area contributed by atoms with Crippen molar-refractivity contribution >= 4 is 0 Å². The fraction of sp³-hybridized carbons (Fsp3) is 1.00. The molecule has 2 unspecified atom stereocenters. The minimum Gasteiger partial charge on any atom is -0.381 e. The molecule has 0 aliphatic carbocycles. The Morgan fingerprint density at radius 3 is 2.64 bits per heavy atom. The van der Waals surface area contributed by atoms with Crippen molar-refractivity contribution in [1.29, 1.82) is 0 Å². The molecule has 0 amide bonds. The van der Waals surface area contributed by atoms with E-state index < -0.39 is 0 Å². The monoisotopic (exact) mass is 197 g/mol. The Morgan fingerprint density at radius 2 is 1.93 bits per heavy atom. The van der Waals surface area contributed by atoms with Crippen LogP contribution in [0.25, 0.3) is 0 Å². The summed E-state index contributed by atoms with van der Waals surface area (Å²) in [4.78, 5) is 0. The van der Waals surface area contributed by atoms with Crippen LogP contribution in [0, 0.1) is 17.8 Å². The molecule has 0 aromatic carbocycles. The van der Waals surface area contributed by atoms with Crippen molar-refractivity contribution in [3.63, 3.8) is 0 Å². The van der Waals surface area contributed by atoms with Crippen LogP contribution in [0.5, 0.6) is 0 Å². The summed E-state index contributed by atoms with van der Waals surface area (Å²) in [5.74, 6) is 2.76.